The fraction of sp³-hybridized carbons (Fsp3) is 0.208. The van der Waals surface area contributed by atoms with Crippen LogP contribution in [0.2, 0.25) is 0 Å². The predicted molar refractivity (Wildman–Crippen MR) is 112 cm³/mol. The minimum atomic E-state index is -0.122. The molecule has 1 N–H and O–H groups in total. The molecule has 0 heterocycles. The third-order valence-electron chi connectivity index (χ3n) is 4.33. The van der Waals surface area contributed by atoms with E-state index in [1.807, 2.05) is 66.7 Å². The molecule has 0 fully saturated rings. The van der Waals surface area contributed by atoms with Gasteiger partial charge in [-0.1, -0.05) is 43.3 Å². The average Bonchev–Trinajstić information content (AvgIpc) is 2.75. The van der Waals surface area contributed by atoms with Crippen molar-refractivity contribution >= 4 is 11.6 Å². The van der Waals surface area contributed by atoms with Crippen LogP contribution in [0.4, 0.5) is 5.69 Å². The zero-order chi connectivity index (χ0) is 19.6. The molecule has 4 nitrogen and oxygen atoms in total. The van der Waals surface area contributed by atoms with Crippen LogP contribution in [0.1, 0.15) is 29.3 Å². The number of nitrogens with one attached hydrogen (secondary N) is 1. The average molecular weight is 375 g/mol. The number of hydrogen-bond donors (Lipinski definition) is 1. The second-order valence-corrected chi connectivity index (χ2v) is 6.35. The maximum Gasteiger partial charge on any atom is 0.255 e. The highest BCUT2D eigenvalue weighted by Gasteiger charge is 2.08. The van der Waals surface area contributed by atoms with Crippen molar-refractivity contribution in [3.8, 4) is 11.5 Å². The van der Waals surface area contributed by atoms with Gasteiger partial charge in [-0.2, -0.15) is 0 Å². The van der Waals surface area contributed by atoms with Crippen LogP contribution in [0.25, 0.3) is 0 Å². The van der Waals surface area contributed by atoms with E-state index in [0.29, 0.717) is 18.8 Å². The van der Waals surface area contributed by atoms with Gasteiger partial charge in [-0.15, -0.1) is 0 Å². The second-order valence-electron chi connectivity index (χ2n) is 6.35. The fourth-order valence-electron chi connectivity index (χ4n) is 2.80. The van der Waals surface area contributed by atoms with Gasteiger partial charge in [0.05, 0.1) is 13.2 Å². The Balaban J connectivity index is 1.44. The molecule has 3 rings (SSSR count). The van der Waals surface area contributed by atoms with Gasteiger partial charge in [-0.05, 0) is 54.4 Å². The lowest BCUT2D eigenvalue weighted by Gasteiger charge is -2.11. The molecule has 0 bridgehead atoms. The number of carbonyl (C=O) groups excluding carboxylic acids is 1. The summed E-state index contributed by atoms with van der Waals surface area (Å²) >= 11 is 0. The van der Waals surface area contributed by atoms with Crippen molar-refractivity contribution < 1.29 is 14.3 Å². The highest BCUT2D eigenvalue weighted by atomic mass is 16.5. The zero-order valence-corrected chi connectivity index (χ0v) is 16.1. The van der Waals surface area contributed by atoms with Crippen molar-refractivity contribution in [3.05, 3.63) is 90.0 Å². The summed E-state index contributed by atoms with van der Waals surface area (Å²) in [4.78, 5) is 12.5. The lowest BCUT2D eigenvalue weighted by molar-refractivity contribution is 0.102. The maximum absolute atomic E-state index is 12.5. The van der Waals surface area contributed by atoms with E-state index in [4.69, 9.17) is 9.47 Å². The molecule has 0 atom stereocenters. The summed E-state index contributed by atoms with van der Waals surface area (Å²) in [5.74, 6) is 1.48. The minimum absolute atomic E-state index is 0.122. The maximum atomic E-state index is 12.5. The third kappa shape index (κ3) is 5.61. The monoisotopic (exact) mass is 375 g/mol. The van der Waals surface area contributed by atoms with Crippen molar-refractivity contribution in [1.29, 1.82) is 0 Å². The van der Waals surface area contributed by atoms with Crippen LogP contribution < -0.4 is 14.8 Å². The van der Waals surface area contributed by atoms with Crippen LogP contribution in [0.5, 0.6) is 11.5 Å². The fourth-order valence-corrected chi connectivity index (χ4v) is 2.80. The van der Waals surface area contributed by atoms with Gasteiger partial charge >= 0.3 is 0 Å². The summed E-state index contributed by atoms with van der Waals surface area (Å²) in [5.41, 5.74) is 2.58. The number of amides is 1. The molecular formula is C24H25NO3. The molecular weight excluding hydrogens is 350 g/mol. The topological polar surface area (TPSA) is 47.6 Å². The largest absolute Gasteiger partial charge is 0.493 e. The molecule has 0 aliphatic heterocycles. The molecule has 1 amide bonds. The van der Waals surface area contributed by atoms with E-state index < -0.39 is 0 Å². The molecule has 0 radical (unpaired) electrons. The SMILES string of the molecule is CCc1ccccc1NC(=O)c1ccc(OCCCOc2ccccc2)cc1. The Labute approximate surface area is 166 Å². The van der Waals surface area contributed by atoms with Gasteiger partial charge in [0.15, 0.2) is 0 Å². The quantitative estimate of drug-likeness (QED) is 0.513. The van der Waals surface area contributed by atoms with Crippen LogP contribution in [0, 0.1) is 0 Å². The summed E-state index contributed by atoms with van der Waals surface area (Å²) < 4.78 is 11.4. The minimum Gasteiger partial charge on any atom is -0.493 e. The van der Waals surface area contributed by atoms with Crippen molar-refractivity contribution in [2.24, 2.45) is 0 Å². The van der Waals surface area contributed by atoms with Gasteiger partial charge < -0.3 is 14.8 Å². The number of anilines is 1. The van der Waals surface area contributed by atoms with E-state index in [2.05, 4.69) is 12.2 Å². The van der Waals surface area contributed by atoms with Crippen molar-refractivity contribution in [2.45, 2.75) is 19.8 Å². The summed E-state index contributed by atoms with van der Waals surface area (Å²) in [5, 5.41) is 2.98. The van der Waals surface area contributed by atoms with Gasteiger partial charge in [0.2, 0.25) is 0 Å². The number of carbonyl (C=O) groups is 1. The van der Waals surface area contributed by atoms with Gasteiger partial charge in [0.1, 0.15) is 11.5 Å². The molecule has 0 aliphatic rings. The van der Waals surface area contributed by atoms with Crippen LogP contribution in [-0.4, -0.2) is 19.1 Å². The Morgan fingerprint density at radius 2 is 1.39 bits per heavy atom. The van der Waals surface area contributed by atoms with E-state index in [9.17, 15) is 4.79 Å². The molecule has 144 valence electrons. The normalized spacial score (nSPS) is 10.3. The summed E-state index contributed by atoms with van der Waals surface area (Å²) in [6.45, 7) is 3.23. The molecule has 3 aromatic carbocycles. The van der Waals surface area contributed by atoms with E-state index in [-0.39, 0.29) is 5.91 Å². The Morgan fingerprint density at radius 3 is 2.07 bits per heavy atom. The van der Waals surface area contributed by atoms with E-state index in [1.54, 1.807) is 12.1 Å². The van der Waals surface area contributed by atoms with Gasteiger partial charge in [0, 0.05) is 17.7 Å². The highest BCUT2D eigenvalue weighted by Crippen LogP contribution is 2.18. The first-order valence-electron chi connectivity index (χ1n) is 9.56. The summed E-state index contributed by atoms with van der Waals surface area (Å²) in [6, 6.07) is 24.8. The summed E-state index contributed by atoms with van der Waals surface area (Å²) in [6.07, 6.45) is 1.65. The van der Waals surface area contributed by atoms with E-state index in [1.165, 1.54) is 0 Å². The lowest BCUT2D eigenvalue weighted by Crippen LogP contribution is -2.13. The van der Waals surface area contributed by atoms with Crippen molar-refractivity contribution in [2.75, 3.05) is 18.5 Å². The number of hydrogen-bond acceptors (Lipinski definition) is 3. The number of rotatable bonds is 9. The standard InChI is InChI=1S/C24H25NO3/c1-2-19-9-6-7-12-23(19)25-24(26)20-13-15-22(16-14-20)28-18-8-17-27-21-10-4-3-5-11-21/h3-7,9-16H,2,8,17-18H2,1H3,(H,25,26). The molecule has 28 heavy (non-hydrogen) atoms. The van der Waals surface area contributed by atoms with Crippen LogP contribution in [0.3, 0.4) is 0 Å². The first kappa shape index (κ1) is 19.5. The number of para-hydroxylation sites is 2. The first-order chi connectivity index (χ1) is 13.8. The molecule has 0 spiro atoms. The summed E-state index contributed by atoms with van der Waals surface area (Å²) in [7, 11) is 0. The second kappa shape index (κ2) is 10.2. The first-order valence-corrected chi connectivity index (χ1v) is 9.56. The number of aryl methyl sites for hydroxylation is 1. The van der Waals surface area contributed by atoms with Crippen LogP contribution in [0.15, 0.2) is 78.9 Å². The molecule has 0 saturated heterocycles. The van der Waals surface area contributed by atoms with Crippen LogP contribution in [-0.2, 0) is 6.42 Å². The van der Waals surface area contributed by atoms with Gasteiger partial charge in [-0.25, -0.2) is 0 Å². The van der Waals surface area contributed by atoms with Crippen molar-refractivity contribution in [3.63, 3.8) is 0 Å². The Bertz CT molecular complexity index is 876. The lowest BCUT2D eigenvalue weighted by atomic mass is 10.1. The molecule has 4 heteroatoms. The third-order valence-corrected chi connectivity index (χ3v) is 4.33. The Kier molecular flexibility index (Phi) is 7.08. The number of benzene rings is 3. The van der Waals surface area contributed by atoms with Crippen molar-refractivity contribution in [1.82, 2.24) is 0 Å². The van der Waals surface area contributed by atoms with Gasteiger partial charge in [0.25, 0.3) is 5.91 Å². The zero-order valence-electron chi connectivity index (χ0n) is 16.1. The Morgan fingerprint density at radius 1 is 0.786 bits per heavy atom. The Hall–Kier alpha value is -3.27. The number of ether oxygens (including phenoxy) is 2. The molecule has 3 aromatic rings. The molecule has 0 aromatic heterocycles. The van der Waals surface area contributed by atoms with Crippen LogP contribution >= 0.6 is 0 Å². The smallest absolute Gasteiger partial charge is 0.255 e. The predicted octanol–water partition coefficient (Wildman–Crippen LogP) is 5.35. The highest BCUT2D eigenvalue weighted by molar-refractivity contribution is 6.04. The van der Waals surface area contributed by atoms with E-state index in [0.717, 1.165) is 35.6 Å². The molecule has 0 aliphatic carbocycles. The van der Waals surface area contributed by atoms with Gasteiger partial charge in [-0.3, -0.25) is 4.79 Å². The molecule has 0 saturated carbocycles. The van der Waals surface area contributed by atoms with E-state index >= 15 is 0 Å². The molecule has 0 unspecified atom stereocenters.